The Morgan fingerprint density at radius 1 is 0.313 bits per heavy atom. The van der Waals surface area contributed by atoms with E-state index in [9.17, 15) is 0 Å². The molecule has 67 heavy (non-hydrogen) atoms. The number of nitrogens with zero attached hydrogens (tertiary/aromatic N) is 5. The van der Waals surface area contributed by atoms with Gasteiger partial charge < -0.3 is 13.6 Å². The maximum atomic E-state index is 6.94. The molecule has 0 unspecified atom stereocenters. The maximum Gasteiger partial charge on any atom is 0.164 e. The minimum Gasteiger partial charge on any atom is -0.454 e. The fourth-order valence-corrected chi connectivity index (χ4v) is 11.0. The summed E-state index contributed by atoms with van der Waals surface area (Å²) in [5.74, 6) is 1.81. The van der Waals surface area contributed by atoms with Gasteiger partial charge in [0, 0.05) is 60.1 Å². The molecule has 6 heteroatoms. The molecule has 0 radical (unpaired) electrons. The fourth-order valence-electron chi connectivity index (χ4n) is 11.0. The standard InChI is InChI=1S/C61H35N5O/c1-3-15-36(16-4-1)59-62-60(64-61(63-59)39-29-31-44-43-22-11-12-26-49(43)65(52(44)35-39)40-18-5-2-6-19-40)38-30-32-54-48(33-38)47-25-14-28-51(58(47)67-54)66-50-27-13-24-46-42-21-9-10-23-45(42)55-41-20-8-7-17-37(41)34-53(66)57(55)56(46)50/h1-35H. The Bertz CT molecular complexity index is 4500. The minimum absolute atomic E-state index is 0.590. The van der Waals surface area contributed by atoms with Crippen molar-refractivity contribution in [3.05, 3.63) is 212 Å². The highest BCUT2D eigenvalue weighted by Crippen LogP contribution is 2.48. The van der Waals surface area contributed by atoms with Crippen LogP contribution >= 0.6 is 0 Å². The summed E-state index contributed by atoms with van der Waals surface area (Å²) in [4.78, 5) is 15.6. The van der Waals surface area contributed by atoms with Crippen molar-refractivity contribution in [1.29, 1.82) is 0 Å². The van der Waals surface area contributed by atoms with Crippen molar-refractivity contribution >= 4 is 97.9 Å². The summed E-state index contributed by atoms with van der Waals surface area (Å²) < 4.78 is 11.7. The van der Waals surface area contributed by atoms with Crippen LogP contribution in [0.25, 0.3) is 143 Å². The Morgan fingerprint density at radius 3 is 1.75 bits per heavy atom. The van der Waals surface area contributed by atoms with E-state index in [0.717, 1.165) is 72.1 Å². The lowest BCUT2D eigenvalue weighted by Crippen LogP contribution is -2.00. The summed E-state index contributed by atoms with van der Waals surface area (Å²) in [6.07, 6.45) is 0. The Balaban J connectivity index is 0.938. The predicted octanol–water partition coefficient (Wildman–Crippen LogP) is 15.9. The Kier molecular flexibility index (Phi) is 7.40. The van der Waals surface area contributed by atoms with E-state index in [2.05, 4.69) is 203 Å². The van der Waals surface area contributed by atoms with Gasteiger partial charge in [-0.3, -0.25) is 0 Å². The van der Waals surface area contributed by atoms with Gasteiger partial charge in [0.15, 0.2) is 23.1 Å². The molecule has 0 saturated heterocycles. The van der Waals surface area contributed by atoms with Crippen molar-refractivity contribution in [2.45, 2.75) is 0 Å². The van der Waals surface area contributed by atoms with Crippen molar-refractivity contribution in [3.63, 3.8) is 0 Å². The Morgan fingerprint density at radius 2 is 0.910 bits per heavy atom. The summed E-state index contributed by atoms with van der Waals surface area (Å²) in [6.45, 7) is 0. The van der Waals surface area contributed by atoms with E-state index >= 15 is 0 Å². The molecule has 0 saturated carbocycles. The number of para-hydroxylation sites is 3. The number of aromatic nitrogens is 5. The Hall–Kier alpha value is -9.13. The van der Waals surface area contributed by atoms with Gasteiger partial charge in [-0.25, -0.2) is 15.0 Å². The van der Waals surface area contributed by atoms with Gasteiger partial charge in [-0.1, -0.05) is 152 Å². The highest BCUT2D eigenvalue weighted by atomic mass is 16.3. The zero-order chi connectivity index (χ0) is 43.7. The second-order valence-electron chi connectivity index (χ2n) is 17.5. The zero-order valence-electron chi connectivity index (χ0n) is 35.9. The largest absolute Gasteiger partial charge is 0.454 e. The van der Waals surface area contributed by atoms with E-state index in [0.29, 0.717) is 17.5 Å². The number of furan rings is 1. The van der Waals surface area contributed by atoms with Crippen molar-refractivity contribution < 1.29 is 4.42 Å². The lowest BCUT2D eigenvalue weighted by molar-refractivity contribution is 0.666. The van der Waals surface area contributed by atoms with Crippen LogP contribution in [0.5, 0.6) is 0 Å². The van der Waals surface area contributed by atoms with Crippen LogP contribution in [0, 0.1) is 0 Å². The van der Waals surface area contributed by atoms with E-state index in [1.807, 2.05) is 18.2 Å². The van der Waals surface area contributed by atoms with Crippen molar-refractivity contribution in [2.75, 3.05) is 0 Å². The van der Waals surface area contributed by atoms with Crippen molar-refractivity contribution in [2.24, 2.45) is 0 Å². The van der Waals surface area contributed by atoms with Gasteiger partial charge in [-0.05, 0) is 87.6 Å². The summed E-state index contributed by atoms with van der Waals surface area (Å²) in [6, 6.07) is 75.3. The van der Waals surface area contributed by atoms with Crippen LogP contribution in [0.1, 0.15) is 0 Å². The molecule has 0 N–H and O–H groups in total. The van der Waals surface area contributed by atoms with Gasteiger partial charge in [-0.15, -0.1) is 0 Å². The van der Waals surface area contributed by atoms with Crippen LogP contribution in [0.15, 0.2) is 217 Å². The lowest BCUT2D eigenvalue weighted by atomic mass is 9.91. The van der Waals surface area contributed by atoms with Crippen LogP contribution in [0.3, 0.4) is 0 Å². The maximum absolute atomic E-state index is 6.94. The molecular weight excluding hydrogens is 819 g/mol. The molecule has 0 fully saturated rings. The van der Waals surface area contributed by atoms with Gasteiger partial charge in [0.1, 0.15) is 5.58 Å². The van der Waals surface area contributed by atoms with Gasteiger partial charge in [0.05, 0.1) is 27.8 Å². The molecule has 11 aromatic carbocycles. The molecule has 0 bridgehead atoms. The first kappa shape index (κ1) is 36.2. The van der Waals surface area contributed by atoms with E-state index in [1.54, 1.807) is 0 Å². The molecule has 15 aromatic rings. The third kappa shape index (κ3) is 5.18. The third-order valence-electron chi connectivity index (χ3n) is 13.9. The van der Waals surface area contributed by atoms with Crippen LogP contribution in [0.2, 0.25) is 0 Å². The summed E-state index contributed by atoms with van der Waals surface area (Å²) in [5, 5.41) is 14.5. The number of fused-ring (bicyclic) bond motifs is 11. The van der Waals surface area contributed by atoms with Crippen LogP contribution in [-0.4, -0.2) is 24.1 Å². The summed E-state index contributed by atoms with van der Waals surface area (Å²) >= 11 is 0. The normalized spacial score (nSPS) is 12.2. The predicted molar refractivity (Wildman–Crippen MR) is 276 cm³/mol. The van der Waals surface area contributed by atoms with Crippen LogP contribution in [-0.2, 0) is 0 Å². The Labute approximate surface area is 382 Å². The molecule has 0 amide bonds. The van der Waals surface area contributed by atoms with E-state index in [4.69, 9.17) is 19.4 Å². The van der Waals surface area contributed by atoms with E-state index in [1.165, 1.54) is 53.9 Å². The highest BCUT2D eigenvalue weighted by molar-refractivity contribution is 6.39. The number of rotatable bonds is 5. The second-order valence-corrected chi connectivity index (χ2v) is 17.5. The zero-order valence-corrected chi connectivity index (χ0v) is 35.9. The summed E-state index contributed by atoms with van der Waals surface area (Å²) in [5.41, 5.74) is 11.0. The molecule has 0 aliphatic rings. The third-order valence-corrected chi connectivity index (χ3v) is 13.9. The average Bonchev–Trinajstić information content (AvgIpc) is 4.06. The topological polar surface area (TPSA) is 61.7 Å². The summed E-state index contributed by atoms with van der Waals surface area (Å²) in [7, 11) is 0. The quantitative estimate of drug-likeness (QED) is 0.162. The molecule has 4 aromatic heterocycles. The molecular formula is C61H35N5O. The molecule has 0 aliphatic heterocycles. The fraction of sp³-hybridized carbons (Fsp3) is 0. The number of hydrogen-bond acceptors (Lipinski definition) is 4. The molecule has 0 aliphatic carbocycles. The van der Waals surface area contributed by atoms with Gasteiger partial charge >= 0.3 is 0 Å². The highest BCUT2D eigenvalue weighted by Gasteiger charge is 2.24. The number of benzene rings is 11. The molecule has 0 atom stereocenters. The lowest BCUT2D eigenvalue weighted by Gasteiger charge is -2.11. The minimum atomic E-state index is 0.590. The van der Waals surface area contributed by atoms with Gasteiger partial charge in [-0.2, -0.15) is 0 Å². The molecule has 0 spiro atoms. The molecule has 310 valence electrons. The first-order chi connectivity index (χ1) is 33.2. The van der Waals surface area contributed by atoms with Crippen LogP contribution < -0.4 is 0 Å². The second kappa shape index (κ2) is 13.7. The molecule has 4 heterocycles. The monoisotopic (exact) mass is 853 g/mol. The SMILES string of the molecule is c1ccc(-c2nc(-c3ccc4oc5c(-n6c7cccc8c9ccccc9c9c%10ccccc%10cc6c9c87)cccc5c4c3)nc(-c3ccc4c5ccccc5n(-c5ccccc5)c4c3)n2)cc1. The van der Waals surface area contributed by atoms with Crippen molar-refractivity contribution in [1.82, 2.24) is 24.1 Å². The van der Waals surface area contributed by atoms with E-state index in [-0.39, 0.29) is 0 Å². The van der Waals surface area contributed by atoms with Gasteiger partial charge in [0.2, 0.25) is 0 Å². The van der Waals surface area contributed by atoms with Gasteiger partial charge in [0.25, 0.3) is 0 Å². The van der Waals surface area contributed by atoms with Crippen LogP contribution in [0.4, 0.5) is 0 Å². The average molecular weight is 854 g/mol. The van der Waals surface area contributed by atoms with E-state index < -0.39 is 0 Å². The first-order valence-electron chi connectivity index (χ1n) is 22.7. The number of hydrogen-bond donors (Lipinski definition) is 0. The van der Waals surface area contributed by atoms with Crippen molar-refractivity contribution in [3.8, 4) is 45.5 Å². The first-order valence-corrected chi connectivity index (χ1v) is 22.7. The molecule has 6 nitrogen and oxygen atoms in total. The molecule has 15 rings (SSSR count). The smallest absolute Gasteiger partial charge is 0.164 e.